The van der Waals surface area contributed by atoms with Gasteiger partial charge in [-0.3, -0.25) is 14.8 Å². The number of aryl methyl sites for hydroxylation is 1. The number of hydrogen-bond donors (Lipinski definition) is 0. The van der Waals surface area contributed by atoms with Crippen molar-refractivity contribution < 1.29 is 9.21 Å². The summed E-state index contributed by atoms with van der Waals surface area (Å²) in [6.45, 7) is 4.76. The molecule has 1 amide bonds. The molecule has 7 heteroatoms. The summed E-state index contributed by atoms with van der Waals surface area (Å²) in [7, 11) is 0. The number of rotatable bonds is 5. The standard InChI is InChI=1S/C16H21N5O2/c1-11(2)16-20-19-14(23-16)5-6-15(22)21-9-3-4-13(21)12-10-17-7-8-18-12/h7-8,10-11,13H,3-6,9H2,1-2H3/t13-/m1/s1. The van der Waals surface area contributed by atoms with E-state index in [4.69, 9.17) is 4.42 Å². The molecule has 0 radical (unpaired) electrons. The van der Waals surface area contributed by atoms with Crippen LogP contribution in [-0.2, 0) is 11.2 Å². The first kappa shape index (κ1) is 15.6. The molecule has 2 aromatic heterocycles. The minimum atomic E-state index is 0.0325. The molecule has 3 heterocycles. The van der Waals surface area contributed by atoms with Crippen LogP contribution in [0.25, 0.3) is 0 Å². The van der Waals surface area contributed by atoms with Crippen LogP contribution in [0.5, 0.6) is 0 Å². The summed E-state index contributed by atoms with van der Waals surface area (Å²) in [4.78, 5) is 22.9. The Hall–Kier alpha value is -2.31. The van der Waals surface area contributed by atoms with Gasteiger partial charge in [0.05, 0.1) is 17.9 Å². The Bertz CT molecular complexity index is 656. The largest absolute Gasteiger partial charge is 0.425 e. The third-order valence-corrected chi connectivity index (χ3v) is 4.03. The lowest BCUT2D eigenvalue weighted by molar-refractivity contribution is -0.132. The van der Waals surface area contributed by atoms with Crippen LogP contribution in [0.4, 0.5) is 0 Å². The molecule has 23 heavy (non-hydrogen) atoms. The second-order valence-corrected chi connectivity index (χ2v) is 6.06. The van der Waals surface area contributed by atoms with Crippen molar-refractivity contribution in [2.24, 2.45) is 0 Å². The zero-order chi connectivity index (χ0) is 16.2. The lowest BCUT2D eigenvalue weighted by atomic mass is 10.1. The van der Waals surface area contributed by atoms with Gasteiger partial charge in [0, 0.05) is 37.7 Å². The van der Waals surface area contributed by atoms with Gasteiger partial charge < -0.3 is 9.32 Å². The van der Waals surface area contributed by atoms with Gasteiger partial charge in [-0.2, -0.15) is 0 Å². The molecule has 7 nitrogen and oxygen atoms in total. The first-order chi connectivity index (χ1) is 11.1. The fourth-order valence-electron chi connectivity index (χ4n) is 2.81. The van der Waals surface area contributed by atoms with Gasteiger partial charge in [0.1, 0.15) is 0 Å². The Balaban J connectivity index is 1.61. The predicted octanol–water partition coefficient (Wildman–Crippen LogP) is 2.28. The van der Waals surface area contributed by atoms with Gasteiger partial charge in [0.15, 0.2) is 0 Å². The molecule has 0 spiro atoms. The maximum atomic E-state index is 12.5. The van der Waals surface area contributed by atoms with Gasteiger partial charge in [-0.1, -0.05) is 13.8 Å². The minimum absolute atomic E-state index is 0.0325. The molecule has 122 valence electrons. The molecule has 0 aromatic carbocycles. The number of aromatic nitrogens is 4. The number of carbonyl (C=O) groups excluding carboxylic acids is 1. The van der Waals surface area contributed by atoms with E-state index < -0.39 is 0 Å². The fraction of sp³-hybridized carbons (Fsp3) is 0.562. The van der Waals surface area contributed by atoms with E-state index in [0.29, 0.717) is 24.6 Å². The SMILES string of the molecule is CC(C)c1nnc(CCC(=O)N2CCC[C@@H]2c2cnccn2)o1. The zero-order valence-electron chi connectivity index (χ0n) is 13.5. The van der Waals surface area contributed by atoms with E-state index >= 15 is 0 Å². The highest BCUT2D eigenvalue weighted by Crippen LogP contribution is 2.30. The van der Waals surface area contributed by atoms with Crippen molar-refractivity contribution in [3.63, 3.8) is 0 Å². The molecule has 0 bridgehead atoms. The number of nitrogens with zero attached hydrogens (tertiary/aromatic N) is 5. The molecule has 0 N–H and O–H groups in total. The third kappa shape index (κ3) is 3.55. The molecule has 0 aliphatic carbocycles. The second kappa shape index (κ2) is 6.85. The van der Waals surface area contributed by atoms with Crippen LogP contribution in [0.15, 0.2) is 23.0 Å². The van der Waals surface area contributed by atoms with Crippen molar-refractivity contribution in [1.82, 2.24) is 25.1 Å². The Labute approximate surface area is 135 Å². The van der Waals surface area contributed by atoms with E-state index in [1.807, 2.05) is 18.7 Å². The van der Waals surface area contributed by atoms with Crippen LogP contribution in [0.1, 0.15) is 62.5 Å². The topological polar surface area (TPSA) is 85.0 Å². The highest BCUT2D eigenvalue weighted by molar-refractivity contribution is 5.77. The Morgan fingerprint density at radius 3 is 2.96 bits per heavy atom. The maximum Gasteiger partial charge on any atom is 0.223 e. The minimum Gasteiger partial charge on any atom is -0.425 e. The van der Waals surface area contributed by atoms with E-state index in [0.717, 1.165) is 25.1 Å². The van der Waals surface area contributed by atoms with Crippen molar-refractivity contribution in [3.8, 4) is 0 Å². The highest BCUT2D eigenvalue weighted by Gasteiger charge is 2.30. The number of likely N-dealkylation sites (tertiary alicyclic amines) is 1. The van der Waals surface area contributed by atoms with Crippen LogP contribution < -0.4 is 0 Å². The number of amides is 1. The van der Waals surface area contributed by atoms with Gasteiger partial charge >= 0.3 is 0 Å². The number of hydrogen-bond acceptors (Lipinski definition) is 6. The molecule has 1 fully saturated rings. The smallest absolute Gasteiger partial charge is 0.223 e. The summed E-state index contributed by atoms with van der Waals surface area (Å²) in [5.41, 5.74) is 0.859. The lowest BCUT2D eigenvalue weighted by Crippen LogP contribution is -2.31. The first-order valence-corrected chi connectivity index (χ1v) is 8.03. The summed E-state index contributed by atoms with van der Waals surface area (Å²) >= 11 is 0. The average Bonchev–Trinajstić information content (AvgIpc) is 3.23. The summed E-state index contributed by atoms with van der Waals surface area (Å²) < 4.78 is 5.55. The van der Waals surface area contributed by atoms with Crippen molar-refractivity contribution in [2.75, 3.05) is 6.54 Å². The van der Waals surface area contributed by atoms with Crippen LogP contribution in [-0.4, -0.2) is 37.5 Å². The summed E-state index contributed by atoms with van der Waals surface area (Å²) in [6.07, 6.45) is 7.82. The normalized spacial score (nSPS) is 17.9. The van der Waals surface area contributed by atoms with Gasteiger partial charge in [-0.25, -0.2) is 0 Å². The van der Waals surface area contributed by atoms with E-state index in [1.54, 1.807) is 18.6 Å². The Morgan fingerprint density at radius 1 is 1.39 bits per heavy atom. The van der Waals surface area contributed by atoms with E-state index in [-0.39, 0.29) is 17.9 Å². The van der Waals surface area contributed by atoms with E-state index in [2.05, 4.69) is 20.2 Å². The van der Waals surface area contributed by atoms with Crippen molar-refractivity contribution in [2.45, 2.75) is 51.5 Å². The Morgan fingerprint density at radius 2 is 2.26 bits per heavy atom. The average molecular weight is 315 g/mol. The first-order valence-electron chi connectivity index (χ1n) is 8.03. The molecule has 1 saturated heterocycles. The van der Waals surface area contributed by atoms with Crippen LogP contribution in [0.3, 0.4) is 0 Å². The lowest BCUT2D eigenvalue weighted by Gasteiger charge is -2.23. The van der Waals surface area contributed by atoms with Crippen molar-refractivity contribution >= 4 is 5.91 Å². The molecule has 2 aromatic rings. The van der Waals surface area contributed by atoms with Gasteiger partial charge in [-0.05, 0) is 12.8 Å². The van der Waals surface area contributed by atoms with Crippen molar-refractivity contribution in [3.05, 3.63) is 36.1 Å². The van der Waals surface area contributed by atoms with E-state index in [1.165, 1.54) is 0 Å². The fourth-order valence-corrected chi connectivity index (χ4v) is 2.81. The monoisotopic (exact) mass is 315 g/mol. The van der Waals surface area contributed by atoms with Crippen LogP contribution >= 0.6 is 0 Å². The highest BCUT2D eigenvalue weighted by atomic mass is 16.4. The second-order valence-electron chi connectivity index (χ2n) is 6.06. The Kier molecular flexibility index (Phi) is 4.64. The molecule has 0 saturated carbocycles. The molecule has 1 aliphatic heterocycles. The van der Waals surface area contributed by atoms with Crippen LogP contribution in [0, 0.1) is 0 Å². The molecule has 0 unspecified atom stereocenters. The van der Waals surface area contributed by atoms with Crippen molar-refractivity contribution in [1.29, 1.82) is 0 Å². The number of carbonyl (C=O) groups is 1. The van der Waals surface area contributed by atoms with Gasteiger partial charge in [0.2, 0.25) is 17.7 Å². The predicted molar refractivity (Wildman–Crippen MR) is 82.4 cm³/mol. The zero-order valence-corrected chi connectivity index (χ0v) is 13.5. The van der Waals surface area contributed by atoms with Crippen LogP contribution in [0.2, 0.25) is 0 Å². The summed E-state index contributed by atoms with van der Waals surface area (Å²) in [5.74, 6) is 1.44. The molecular formula is C16H21N5O2. The molecular weight excluding hydrogens is 294 g/mol. The van der Waals surface area contributed by atoms with E-state index in [9.17, 15) is 4.79 Å². The quantitative estimate of drug-likeness (QED) is 0.841. The summed E-state index contributed by atoms with van der Waals surface area (Å²) in [6, 6.07) is 0.0325. The molecule has 1 aliphatic rings. The van der Waals surface area contributed by atoms with Gasteiger partial charge in [0.25, 0.3) is 0 Å². The van der Waals surface area contributed by atoms with Gasteiger partial charge in [-0.15, -0.1) is 10.2 Å². The molecule has 3 rings (SSSR count). The molecule has 1 atom stereocenters. The summed E-state index contributed by atoms with van der Waals surface area (Å²) in [5, 5.41) is 8.00. The third-order valence-electron chi connectivity index (χ3n) is 4.03. The maximum absolute atomic E-state index is 12.5.